The van der Waals surface area contributed by atoms with Crippen LogP contribution in [0.15, 0.2) is 18.2 Å². The highest BCUT2D eigenvalue weighted by molar-refractivity contribution is 6.42. The lowest BCUT2D eigenvalue weighted by Gasteiger charge is -2.02. The summed E-state index contributed by atoms with van der Waals surface area (Å²) in [5.74, 6) is 0.180. The maximum absolute atomic E-state index is 11.6. The molecular formula is C13H13Cl2N3O2. The molecule has 0 unspecified atom stereocenters. The van der Waals surface area contributed by atoms with E-state index in [0.717, 1.165) is 5.56 Å². The van der Waals surface area contributed by atoms with Gasteiger partial charge in [-0.05, 0) is 24.6 Å². The Hall–Kier alpha value is -1.59. The predicted molar refractivity (Wildman–Crippen MR) is 76.2 cm³/mol. The Morgan fingerprint density at radius 3 is 2.75 bits per heavy atom. The summed E-state index contributed by atoms with van der Waals surface area (Å²) in [6.45, 7) is 2.02. The number of hydrogen-bond acceptors (Lipinski definition) is 4. The van der Waals surface area contributed by atoms with Gasteiger partial charge in [0.25, 0.3) is 5.82 Å². The van der Waals surface area contributed by atoms with E-state index in [4.69, 9.17) is 27.9 Å². The molecule has 0 N–H and O–H groups in total. The smallest absolute Gasteiger partial charge is 0.378 e. The lowest BCUT2D eigenvalue weighted by molar-refractivity contribution is 0.0512. The van der Waals surface area contributed by atoms with Crippen molar-refractivity contribution in [1.29, 1.82) is 0 Å². The molecule has 0 fully saturated rings. The van der Waals surface area contributed by atoms with E-state index in [1.54, 1.807) is 30.8 Å². The molecule has 20 heavy (non-hydrogen) atoms. The quantitative estimate of drug-likeness (QED) is 0.814. The molecule has 2 aromatic rings. The topological polar surface area (TPSA) is 57.0 Å². The Morgan fingerprint density at radius 2 is 2.10 bits per heavy atom. The van der Waals surface area contributed by atoms with Gasteiger partial charge in [0, 0.05) is 13.5 Å². The van der Waals surface area contributed by atoms with Gasteiger partial charge in [0.05, 0.1) is 16.7 Å². The summed E-state index contributed by atoms with van der Waals surface area (Å²) in [4.78, 5) is 15.7. The summed E-state index contributed by atoms with van der Waals surface area (Å²) in [5, 5.41) is 5.02. The molecule has 0 aliphatic carbocycles. The second-order valence-corrected chi connectivity index (χ2v) is 4.94. The fourth-order valence-corrected chi connectivity index (χ4v) is 2.01. The van der Waals surface area contributed by atoms with Gasteiger partial charge < -0.3 is 4.74 Å². The molecule has 2 rings (SSSR count). The summed E-state index contributed by atoms with van der Waals surface area (Å²) in [6, 6.07) is 5.34. The molecular weight excluding hydrogens is 301 g/mol. The van der Waals surface area contributed by atoms with E-state index >= 15 is 0 Å². The Labute approximate surface area is 126 Å². The third kappa shape index (κ3) is 3.29. The van der Waals surface area contributed by atoms with Crippen molar-refractivity contribution in [2.75, 3.05) is 6.61 Å². The molecule has 1 aromatic carbocycles. The van der Waals surface area contributed by atoms with Gasteiger partial charge in [-0.2, -0.15) is 0 Å². The SMILES string of the molecule is CCOC(=O)c1nc(Cc2ccc(Cl)c(Cl)c2)n(C)n1. The first-order valence-electron chi connectivity index (χ1n) is 6.02. The van der Waals surface area contributed by atoms with Crippen molar-refractivity contribution >= 4 is 29.2 Å². The largest absolute Gasteiger partial charge is 0.460 e. The number of rotatable bonds is 4. The zero-order valence-corrected chi connectivity index (χ0v) is 12.6. The molecule has 0 atom stereocenters. The molecule has 7 heteroatoms. The fourth-order valence-electron chi connectivity index (χ4n) is 1.68. The monoisotopic (exact) mass is 313 g/mol. The van der Waals surface area contributed by atoms with Gasteiger partial charge in [0.2, 0.25) is 0 Å². The maximum atomic E-state index is 11.6. The maximum Gasteiger partial charge on any atom is 0.378 e. The van der Waals surface area contributed by atoms with Crippen LogP contribution >= 0.6 is 23.2 Å². The Kier molecular flexibility index (Phi) is 4.62. The van der Waals surface area contributed by atoms with Gasteiger partial charge in [0.15, 0.2) is 0 Å². The second kappa shape index (κ2) is 6.24. The number of aryl methyl sites for hydroxylation is 1. The Balaban J connectivity index is 2.21. The molecule has 0 aliphatic rings. The van der Waals surface area contributed by atoms with Crippen molar-refractivity contribution < 1.29 is 9.53 Å². The number of halogens is 2. The highest BCUT2D eigenvalue weighted by atomic mass is 35.5. The molecule has 106 valence electrons. The van der Waals surface area contributed by atoms with E-state index in [1.807, 2.05) is 6.07 Å². The highest BCUT2D eigenvalue weighted by Crippen LogP contribution is 2.23. The number of benzene rings is 1. The first-order valence-corrected chi connectivity index (χ1v) is 6.77. The Bertz CT molecular complexity index is 641. The Morgan fingerprint density at radius 1 is 1.35 bits per heavy atom. The van der Waals surface area contributed by atoms with Crippen molar-refractivity contribution in [2.24, 2.45) is 7.05 Å². The zero-order valence-electron chi connectivity index (χ0n) is 11.1. The van der Waals surface area contributed by atoms with Gasteiger partial charge in [-0.25, -0.2) is 9.78 Å². The summed E-state index contributed by atoms with van der Waals surface area (Å²) in [6.07, 6.45) is 0.500. The summed E-state index contributed by atoms with van der Waals surface area (Å²) < 4.78 is 6.42. The van der Waals surface area contributed by atoms with Crippen molar-refractivity contribution in [3.63, 3.8) is 0 Å². The average Bonchev–Trinajstić information content (AvgIpc) is 2.76. The number of carbonyl (C=O) groups is 1. The van der Waals surface area contributed by atoms with Crippen LogP contribution in [0.3, 0.4) is 0 Å². The number of hydrogen-bond donors (Lipinski definition) is 0. The van der Waals surface area contributed by atoms with Crippen molar-refractivity contribution in [1.82, 2.24) is 14.8 Å². The van der Waals surface area contributed by atoms with Crippen LogP contribution in [-0.2, 0) is 18.2 Å². The summed E-state index contributed by atoms with van der Waals surface area (Å²) in [5.41, 5.74) is 0.935. The molecule has 0 bridgehead atoms. The third-order valence-electron chi connectivity index (χ3n) is 2.66. The molecule has 0 aliphatic heterocycles. The minimum atomic E-state index is -0.525. The number of esters is 1. The van der Waals surface area contributed by atoms with Crippen LogP contribution in [0.5, 0.6) is 0 Å². The van der Waals surface area contributed by atoms with Gasteiger partial charge in [-0.3, -0.25) is 4.68 Å². The molecule has 0 saturated carbocycles. The van der Waals surface area contributed by atoms with Crippen LogP contribution in [0.1, 0.15) is 28.9 Å². The highest BCUT2D eigenvalue weighted by Gasteiger charge is 2.16. The van der Waals surface area contributed by atoms with E-state index < -0.39 is 5.97 Å². The lowest BCUT2D eigenvalue weighted by atomic mass is 10.1. The summed E-state index contributed by atoms with van der Waals surface area (Å²) in [7, 11) is 1.72. The molecule has 0 spiro atoms. The lowest BCUT2D eigenvalue weighted by Crippen LogP contribution is -2.07. The predicted octanol–water partition coefficient (Wildman–Crippen LogP) is 2.89. The minimum Gasteiger partial charge on any atom is -0.460 e. The van der Waals surface area contributed by atoms with E-state index in [0.29, 0.717) is 28.9 Å². The molecule has 0 amide bonds. The first kappa shape index (κ1) is 14.8. The van der Waals surface area contributed by atoms with Gasteiger partial charge in [0.1, 0.15) is 5.82 Å². The van der Waals surface area contributed by atoms with Crippen LogP contribution in [-0.4, -0.2) is 27.3 Å². The zero-order chi connectivity index (χ0) is 14.7. The number of aromatic nitrogens is 3. The van der Waals surface area contributed by atoms with Gasteiger partial charge in [-0.1, -0.05) is 29.3 Å². The van der Waals surface area contributed by atoms with E-state index in [1.165, 1.54) is 0 Å². The molecule has 0 saturated heterocycles. The van der Waals surface area contributed by atoms with Crippen LogP contribution in [0.25, 0.3) is 0 Å². The molecule has 1 aromatic heterocycles. The van der Waals surface area contributed by atoms with Crippen LogP contribution in [0.2, 0.25) is 10.0 Å². The average molecular weight is 314 g/mol. The number of nitrogens with zero attached hydrogens (tertiary/aromatic N) is 3. The van der Waals surface area contributed by atoms with Crippen LogP contribution in [0, 0.1) is 0 Å². The van der Waals surface area contributed by atoms with Crippen LogP contribution in [0.4, 0.5) is 0 Å². The van der Waals surface area contributed by atoms with Crippen LogP contribution < -0.4 is 0 Å². The molecule has 5 nitrogen and oxygen atoms in total. The second-order valence-electron chi connectivity index (χ2n) is 4.12. The van der Waals surface area contributed by atoms with Gasteiger partial charge in [-0.15, -0.1) is 5.10 Å². The van der Waals surface area contributed by atoms with E-state index in [2.05, 4.69) is 10.1 Å². The first-order chi connectivity index (χ1) is 9.51. The fraction of sp³-hybridized carbons (Fsp3) is 0.308. The van der Waals surface area contributed by atoms with E-state index in [-0.39, 0.29) is 5.82 Å². The molecule has 1 heterocycles. The minimum absolute atomic E-state index is 0.0596. The number of ether oxygens (including phenoxy) is 1. The van der Waals surface area contributed by atoms with Crippen molar-refractivity contribution in [3.8, 4) is 0 Å². The molecule has 0 radical (unpaired) electrons. The van der Waals surface area contributed by atoms with Crippen molar-refractivity contribution in [2.45, 2.75) is 13.3 Å². The summed E-state index contributed by atoms with van der Waals surface area (Å²) >= 11 is 11.8. The number of carbonyl (C=O) groups excluding carboxylic acids is 1. The standard InChI is InChI=1S/C13H13Cl2N3O2/c1-3-20-13(19)12-16-11(18(2)17-12)7-8-4-5-9(14)10(15)6-8/h4-6H,3,7H2,1-2H3. The van der Waals surface area contributed by atoms with Crippen molar-refractivity contribution in [3.05, 3.63) is 45.5 Å². The third-order valence-corrected chi connectivity index (χ3v) is 3.40. The van der Waals surface area contributed by atoms with E-state index in [9.17, 15) is 4.79 Å². The van der Waals surface area contributed by atoms with Gasteiger partial charge >= 0.3 is 5.97 Å². The normalized spacial score (nSPS) is 10.6.